The van der Waals surface area contributed by atoms with Gasteiger partial charge in [-0.25, -0.2) is 4.79 Å². The summed E-state index contributed by atoms with van der Waals surface area (Å²) in [4.78, 5) is 35.8. The highest BCUT2D eigenvalue weighted by Crippen LogP contribution is 2.29. The summed E-state index contributed by atoms with van der Waals surface area (Å²) >= 11 is 0. The Hall–Kier alpha value is -2.78. The monoisotopic (exact) mass is 418 g/mol. The summed E-state index contributed by atoms with van der Waals surface area (Å²) in [7, 11) is 0. The summed E-state index contributed by atoms with van der Waals surface area (Å²) in [6.45, 7) is 6.57. The second kappa shape index (κ2) is 10.7. The number of nitrogens with one attached hydrogen (secondary N) is 2. The van der Waals surface area contributed by atoms with E-state index in [9.17, 15) is 27.6 Å². The zero-order valence-electron chi connectivity index (χ0n) is 16.6. The first-order valence-corrected chi connectivity index (χ1v) is 9.00. The molecule has 0 aromatic heterocycles. The highest BCUT2D eigenvalue weighted by molar-refractivity contribution is 5.90. The van der Waals surface area contributed by atoms with Crippen molar-refractivity contribution < 1.29 is 37.0 Å². The fraction of sp³-hybridized carbons (Fsp3) is 0.526. The van der Waals surface area contributed by atoms with E-state index in [1.807, 2.05) is 13.8 Å². The zero-order valence-corrected chi connectivity index (χ0v) is 16.6. The Morgan fingerprint density at radius 1 is 1.00 bits per heavy atom. The highest BCUT2D eigenvalue weighted by Gasteiger charge is 2.30. The van der Waals surface area contributed by atoms with Crippen LogP contribution in [0.2, 0.25) is 0 Å². The van der Waals surface area contributed by atoms with Crippen molar-refractivity contribution in [3.63, 3.8) is 0 Å². The molecule has 162 valence electrons. The van der Waals surface area contributed by atoms with Crippen LogP contribution in [0.25, 0.3) is 0 Å². The molecule has 1 atom stereocenters. The number of alkyl halides is 3. The van der Waals surface area contributed by atoms with Crippen molar-refractivity contribution >= 4 is 23.7 Å². The van der Waals surface area contributed by atoms with Crippen LogP contribution in [0.1, 0.15) is 39.7 Å². The van der Waals surface area contributed by atoms with Crippen LogP contribution in [-0.4, -0.2) is 36.7 Å². The molecule has 2 amide bonds. The third-order valence-electron chi connectivity index (χ3n) is 3.46. The number of ether oxygens (including phenoxy) is 2. The number of carbonyl (C=O) groups is 3. The number of hydrogen-bond donors (Lipinski definition) is 2. The molecule has 0 saturated heterocycles. The lowest BCUT2D eigenvalue weighted by atomic mass is 10.1. The smallest absolute Gasteiger partial charge is 0.416 e. The van der Waals surface area contributed by atoms with Crippen molar-refractivity contribution in [1.29, 1.82) is 0 Å². The Labute approximate surface area is 166 Å². The van der Waals surface area contributed by atoms with Crippen molar-refractivity contribution in [2.24, 2.45) is 5.92 Å². The zero-order chi connectivity index (χ0) is 22.2. The number of benzene rings is 1. The summed E-state index contributed by atoms with van der Waals surface area (Å²) in [5, 5.41) is 4.61. The Balaban J connectivity index is 2.68. The standard InChI is InChI=1S/C19H25F3N2O5/c1-11(2)9-15(17(26)23-10-16(25)28-12(3)4)29-18(27)24-14-7-5-13(6-8-14)19(20,21)22/h5-8,11-12,15H,9-10H2,1-4H3,(H,23,26)(H,24,27)/t15-/m0/s1. The summed E-state index contributed by atoms with van der Waals surface area (Å²) in [6.07, 6.45) is -6.83. The number of esters is 1. The molecule has 0 aliphatic heterocycles. The van der Waals surface area contributed by atoms with Gasteiger partial charge in [-0.15, -0.1) is 0 Å². The van der Waals surface area contributed by atoms with E-state index in [0.717, 1.165) is 24.3 Å². The average molecular weight is 418 g/mol. The molecule has 0 saturated carbocycles. The van der Waals surface area contributed by atoms with Gasteiger partial charge >= 0.3 is 18.2 Å². The molecular weight excluding hydrogens is 393 g/mol. The first-order valence-electron chi connectivity index (χ1n) is 9.00. The van der Waals surface area contributed by atoms with E-state index in [1.54, 1.807) is 13.8 Å². The van der Waals surface area contributed by atoms with E-state index >= 15 is 0 Å². The van der Waals surface area contributed by atoms with Crippen LogP contribution in [0, 0.1) is 5.92 Å². The van der Waals surface area contributed by atoms with Crippen LogP contribution >= 0.6 is 0 Å². The van der Waals surface area contributed by atoms with Gasteiger partial charge in [0.2, 0.25) is 0 Å². The van der Waals surface area contributed by atoms with Crippen LogP contribution in [0.3, 0.4) is 0 Å². The third kappa shape index (κ3) is 9.31. The predicted molar refractivity (Wildman–Crippen MR) is 99.0 cm³/mol. The first kappa shape index (κ1) is 24.3. The molecule has 1 aromatic rings. The summed E-state index contributed by atoms with van der Waals surface area (Å²) in [5.41, 5.74) is -0.783. The highest BCUT2D eigenvalue weighted by atomic mass is 19.4. The predicted octanol–water partition coefficient (Wildman–Crippen LogP) is 3.74. The molecule has 1 aromatic carbocycles. The summed E-state index contributed by atoms with van der Waals surface area (Å²) in [6, 6.07) is 3.77. The van der Waals surface area contributed by atoms with Crippen LogP contribution in [0.4, 0.5) is 23.7 Å². The van der Waals surface area contributed by atoms with E-state index in [1.165, 1.54) is 0 Å². The number of amides is 2. The Morgan fingerprint density at radius 3 is 2.07 bits per heavy atom. The topological polar surface area (TPSA) is 93.7 Å². The lowest BCUT2D eigenvalue weighted by Crippen LogP contribution is -2.42. The molecule has 0 heterocycles. The number of halogens is 3. The molecule has 29 heavy (non-hydrogen) atoms. The number of anilines is 1. The molecule has 1 rings (SSSR count). The fourth-order valence-electron chi connectivity index (χ4n) is 2.23. The number of hydrogen-bond acceptors (Lipinski definition) is 5. The van der Waals surface area contributed by atoms with E-state index in [4.69, 9.17) is 9.47 Å². The minimum absolute atomic E-state index is 0.00719. The second-order valence-electron chi connectivity index (χ2n) is 6.98. The minimum Gasteiger partial charge on any atom is -0.462 e. The molecule has 0 spiro atoms. The molecule has 2 N–H and O–H groups in total. The SMILES string of the molecule is CC(C)C[C@H](OC(=O)Nc1ccc(C(F)(F)F)cc1)C(=O)NCC(=O)OC(C)C. The number of carbonyl (C=O) groups excluding carboxylic acids is 3. The minimum atomic E-state index is -4.49. The van der Waals surface area contributed by atoms with E-state index in [2.05, 4.69) is 10.6 Å². The normalized spacial score (nSPS) is 12.4. The maximum absolute atomic E-state index is 12.6. The molecule has 0 aliphatic rings. The van der Waals surface area contributed by atoms with Gasteiger partial charge in [-0.3, -0.25) is 14.9 Å². The van der Waals surface area contributed by atoms with Crippen LogP contribution in [0.15, 0.2) is 24.3 Å². The molecule has 0 fully saturated rings. The van der Waals surface area contributed by atoms with Gasteiger partial charge in [0.15, 0.2) is 6.10 Å². The van der Waals surface area contributed by atoms with Crippen LogP contribution in [0.5, 0.6) is 0 Å². The van der Waals surface area contributed by atoms with Crippen molar-refractivity contribution in [1.82, 2.24) is 5.32 Å². The molecule has 0 aliphatic carbocycles. The van der Waals surface area contributed by atoms with Gasteiger partial charge in [-0.1, -0.05) is 13.8 Å². The summed E-state index contributed by atoms with van der Waals surface area (Å²) in [5.74, 6) is -1.32. The Morgan fingerprint density at radius 2 is 1.59 bits per heavy atom. The van der Waals surface area contributed by atoms with Crippen LogP contribution in [-0.2, 0) is 25.2 Å². The van der Waals surface area contributed by atoms with Gasteiger partial charge in [-0.05, 0) is 50.5 Å². The van der Waals surface area contributed by atoms with Gasteiger partial charge in [0.1, 0.15) is 6.54 Å². The van der Waals surface area contributed by atoms with Gasteiger partial charge < -0.3 is 14.8 Å². The molecule has 7 nitrogen and oxygen atoms in total. The van der Waals surface area contributed by atoms with Crippen molar-refractivity contribution in [3.8, 4) is 0 Å². The molecule has 10 heteroatoms. The van der Waals surface area contributed by atoms with E-state index in [-0.39, 0.29) is 30.7 Å². The van der Waals surface area contributed by atoms with E-state index < -0.39 is 35.8 Å². The van der Waals surface area contributed by atoms with Gasteiger partial charge in [0.25, 0.3) is 5.91 Å². The molecule has 0 bridgehead atoms. The Kier molecular flexibility index (Phi) is 8.93. The largest absolute Gasteiger partial charge is 0.462 e. The summed E-state index contributed by atoms with van der Waals surface area (Å²) < 4.78 is 47.7. The fourth-order valence-corrected chi connectivity index (χ4v) is 2.23. The maximum atomic E-state index is 12.6. The lowest BCUT2D eigenvalue weighted by Gasteiger charge is -2.19. The third-order valence-corrected chi connectivity index (χ3v) is 3.46. The molecule has 0 radical (unpaired) electrons. The van der Waals surface area contributed by atoms with Crippen molar-refractivity contribution in [2.75, 3.05) is 11.9 Å². The van der Waals surface area contributed by atoms with E-state index in [0.29, 0.717) is 0 Å². The van der Waals surface area contributed by atoms with Crippen molar-refractivity contribution in [2.45, 2.75) is 52.5 Å². The number of rotatable bonds is 8. The van der Waals surface area contributed by atoms with Crippen LogP contribution < -0.4 is 10.6 Å². The van der Waals surface area contributed by atoms with Gasteiger partial charge in [0, 0.05) is 5.69 Å². The second-order valence-corrected chi connectivity index (χ2v) is 6.98. The molecular formula is C19H25F3N2O5. The average Bonchev–Trinajstić information content (AvgIpc) is 2.57. The maximum Gasteiger partial charge on any atom is 0.416 e. The van der Waals surface area contributed by atoms with Gasteiger partial charge in [0.05, 0.1) is 11.7 Å². The Bertz CT molecular complexity index is 703. The quantitative estimate of drug-likeness (QED) is 0.628. The van der Waals surface area contributed by atoms with Crippen molar-refractivity contribution in [3.05, 3.63) is 29.8 Å². The molecule has 0 unspecified atom stereocenters. The first-order chi connectivity index (χ1) is 13.4. The lowest BCUT2D eigenvalue weighted by molar-refractivity contribution is -0.148. The van der Waals surface area contributed by atoms with Gasteiger partial charge in [-0.2, -0.15) is 13.2 Å².